The number of amides is 1. The quantitative estimate of drug-likeness (QED) is 0.853. The van der Waals surface area contributed by atoms with E-state index in [0.717, 1.165) is 5.56 Å². The number of hydrogen-bond donors (Lipinski definition) is 1. The standard InChI is InChI=1S/C18H26N2O3.ClH/c1-14(2)20(12-15-6-4-3-5-7-15)17(21)13-19-10-8-16(9-11-19)18(22)23;/h3-7,14,16H,8-13H2,1-2H3,(H,22,23);1H. The maximum atomic E-state index is 12.6. The first-order chi connectivity index (χ1) is 11.0. The molecule has 24 heavy (non-hydrogen) atoms. The topological polar surface area (TPSA) is 60.9 Å². The molecule has 0 aromatic heterocycles. The number of carbonyl (C=O) groups excluding carboxylic acids is 1. The molecule has 0 radical (unpaired) electrons. The molecular weight excluding hydrogens is 328 g/mol. The van der Waals surface area contributed by atoms with Crippen molar-refractivity contribution in [1.29, 1.82) is 0 Å². The van der Waals surface area contributed by atoms with E-state index in [1.165, 1.54) is 0 Å². The Kier molecular flexibility index (Phi) is 8.22. The number of rotatable bonds is 6. The van der Waals surface area contributed by atoms with Gasteiger partial charge in [0.1, 0.15) is 0 Å². The molecule has 1 fully saturated rings. The average molecular weight is 355 g/mol. The molecule has 0 saturated carbocycles. The van der Waals surface area contributed by atoms with Crippen molar-refractivity contribution in [3.05, 3.63) is 35.9 Å². The van der Waals surface area contributed by atoms with Crippen LogP contribution in [-0.4, -0.2) is 52.5 Å². The third kappa shape index (κ3) is 5.80. The number of carboxylic acid groups (broad SMARTS) is 1. The summed E-state index contributed by atoms with van der Waals surface area (Å²) in [5, 5.41) is 9.04. The summed E-state index contributed by atoms with van der Waals surface area (Å²) in [6.07, 6.45) is 1.26. The van der Waals surface area contributed by atoms with Gasteiger partial charge in [0.25, 0.3) is 0 Å². The number of carboxylic acids is 1. The van der Waals surface area contributed by atoms with Crippen LogP contribution in [0, 0.1) is 5.92 Å². The van der Waals surface area contributed by atoms with Gasteiger partial charge >= 0.3 is 5.97 Å². The monoisotopic (exact) mass is 354 g/mol. The zero-order valence-corrected chi connectivity index (χ0v) is 15.2. The first-order valence-electron chi connectivity index (χ1n) is 8.26. The molecular formula is C18H27ClN2O3. The van der Waals surface area contributed by atoms with Crippen molar-refractivity contribution in [3.8, 4) is 0 Å². The van der Waals surface area contributed by atoms with E-state index in [9.17, 15) is 9.59 Å². The van der Waals surface area contributed by atoms with Gasteiger partial charge in [0.15, 0.2) is 0 Å². The Morgan fingerprint density at radius 2 is 1.79 bits per heavy atom. The Hall–Kier alpha value is -1.59. The van der Waals surface area contributed by atoms with E-state index in [0.29, 0.717) is 39.0 Å². The van der Waals surface area contributed by atoms with E-state index in [2.05, 4.69) is 4.90 Å². The maximum Gasteiger partial charge on any atom is 0.306 e. The Morgan fingerprint density at radius 3 is 2.29 bits per heavy atom. The van der Waals surface area contributed by atoms with Crippen molar-refractivity contribution in [1.82, 2.24) is 9.80 Å². The zero-order chi connectivity index (χ0) is 16.8. The predicted octanol–water partition coefficient (Wildman–Crippen LogP) is 2.64. The van der Waals surface area contributed by atoms with Crippen molar-refractivity contribution in [2.45, 2.75) is 39.3 Å². The van der Waals surface area contributed by atoms with Crippen LogP contribution in [0.5, 0.6) is 0 Å². The lowest BCUT2D eigenvalue weighted by Gasteiger charge is -2.33. The normalized spacial score (nSPS) is 15.8. The lowest BCUT2D eigenvalue weighted by molar-refractivity contribution is -0.143. The van der Waals surface area contributed by atoms with Crippen LogP contribution in [0.3, 0.4) is 0 Å². The summed E-state index contributed by atoms with van der Waals surface area (Å²) >= 11 is 0. The third-order valence-corrected chi connectivity index (χ3v) is 4.44. The van der Waals surface area contributed by atoms with Gasteiger partial charge in [0.2, 0.25) is 5.91 Å². The van der Waals surface area contributed by atoms with Crippen LogP contribution in [0.15, 0.2) is 30.3 Å². The minimum absolute atomic E-state index is 0. The number of nitrogens with zero attached hydrogens (tertiary/aromatic N) is 2. The zero-order valence-electron chi connectivity index (χ0n) is 14.4. The molecule has 1 saturated heterocycles. The molecule has 1 aromatic carbocycles. The molecule has 1 N–H and O–H groups in total. The SMILES string of the molecule is CC(C)N(Cc1ccccc1)C(=O)CN1CCC(C(=O)O)CC1.Cl. The highest BCUT2D eigenvalue weighted by Gasteiger charge is 2.27. The summed E-state index contributed by atoms with van der Waals surface area (Å²) in [7, 11) is 0. The molecule has 0 bridgehead atoms. The number of hydrogen-bond acceptors (Lipinski definition) is 3. The molecule has 0 atom stereocenters. The van der Waals surface area contributed by atoms with Crippen LogP contribution in [0.4, 0.5) is 0 Å². The lowest BCUT2D eigenvalue weighted by Crippen LogP contribution is -2.46. The van der Waals surface area contributed by atoms with Crippen molar-refractivity contribution in [2.75, 3.05) is 19.6 Å². The first-order valence-corrected chi connectivity index (χ1v) is 8.26. The molecule has 1 amide bonds. The van der Waals surface area contributed by atoms with Gasteiger partial charge in [0.05, 0.1) is 12.5 Å². The molecule has 5 nitrogen and oxygen atoms in total. The van der Waals surface area contributed by atoms with E-state index in [4.69, 9.17) is 5.11 Å². The molecule has 1 aliphatic rings. The minimum Gasteiger partial charge on any atom is -0.481 e. The fourth-order valence-electron chi connectivity index (χ4n) is 2.96. The average Bonchev–Trinajstić information content (AvgIpc) is 2.53. The number of carbonyl (C=O) groups is 2. The minimum atomic E-state index is -0.719. The number of benzene rings is 1. The summed E-state index contributed by atoms with van der Waals surface area (Å²) < 4.78 is 0. The second kappa shape index (κ2) is 9.64. The van der Waals surface area contributed by atoms with Gasteiger partial charge in [-0.25, -0.2) is 0 Å². The molecule has 0 spiro atoms. The van der Waals surface area contributed by atoms with Crippen LogP contribution in [0.1, 0.15) is 32.3 Å². The molecule has 1 heterocycles. The Morgan fingerprint density at radius 1 is 1.21 bits per heavy atom. The largest absolute Gasteiger partial charge is 0.481 e. The molecule has 0 unspecified atom stereocenters. The lowest BCUT2D eigenvalue weighted by atomic mass is 9.97. The van der Waals surface area contributed by atoms with E-state index in [1.54, 1.807) is 0 Å². The van der Waals surface area contributed by atoms with Crippen LogP contribution in [-0.2, 0) is 16.1 Å². The molecule has 2 rings (SSSR count). The van der Waals surface area contributed by atoms with Crippen LogP contribution >= 0.6 is 12.4 Å². The second-order valence-corrected chi connectivity index (χ2v) is 6.49. The van der Waals surface area contributed by atoms with Gasteiger partial charge < -0.3 is 10.0 Å². The number of halogens is 1. The van der Waals surface area contributed by atoms with Crippen molar-refractivity contribution < 1.29 is 14.7 Å². The van der Waals surface area contributed by atoms with Crippen molar-refractivity contribution >= 4 is 24.3 Å². The summed E-state index contributed by atoms with van der Waals surface area (Å²) in [6, 6.07) is 10.1. The summed E-state index contributed by atoms with van der Waals surface area (Å²) in [5.74, 6) is -0.867. The van der Waals surface area contributed by atoms with Gasteiger partial charge in [-0.1, -0.05) is 30.3 Å². The summed E-state index contributed by atoms with van der Waals surface area (Å²) in [6.45, 7) is 6.40. The summed E-state index contributed by atoms with van der Waals surface area (Å²) in [5.41, 5.74) is 1.12. The highest BCUT2D eigenvalue weighted by molar-refractivity contribution is 5.85. The highest BCUT2D eigenvalue weighted by atomic mass is 35.5. The van der Waals surface area contributed by atoms with E-state index in [-0.39, 0.29) is 30.3 Å². The molecule has 1 aliphatic heterocycles. The van der Waals surface area contributed by atoms with Gasteiger partial charge in [-0.3, -0.25) is 14.5 Å². The Balaban J connectivity index is 0.00000288. The predicted molar refractivity (Wildman–Crippen MR) is 96.2 cm³/mol. The van der Waals surface area contributed by atoms with E-state index >= 15 is 0 Å². The molecule has 134 valence electrons. The third-order valence-electron chi connectivity index (χ3n) is 4.44. The van der Waals surface area contributed by atoms with Crippen LogP contribution in [0.2, 0.25) is 0 Å². The number of piperidine rings is 1. The van der Waals surface area contributed by atoms with Gasteiger partial charge in [-0.15, -0.1) is 12.4 Å². The number of likely N-dealkylation sites (tertiary alicyclic amines) is 1. The molecule has 6 heteroatoms. The fourth-order valence-corrected chi connectivity index (χ4v) is 2.96. The van der Waals surface area contributed by atoms with E-state index in [1.807, 2.05) is 49.1 Å². The highest BCUT2D eigenvalue weighted by Crippen LogP contribution is 2.18. The maximum absolute atomic E-state index is 12.6. The van der Waals surface area contributed by atoms with Gasteiger partial charge in [-0.05, 0) is 45.3 Å². The van der Waals surface area contributed by atoms with Crippen molar-refractivity contribution in [3.63, 3.8) is 0 Å². The molecule has 1 aromatic rings. The smallest absolute Gasteiger partial charge is 0.306 e. The van der Waals surface area contributed by atoms with Crippen molar-refractivity contribution in [2.24, 2.45) is 5.92 Å². The second-order valence-electron chi connectivity index (χ2n) is 6.49. The fraction of sp³-hybridized carbons (Fsp3) is 0.556. The van der Waals surface area contributed by atoms with Crippen LogP contribution in [0.25, 0.3) is 0 Å². The van der Waals surface area contributed by atoms with Crippen LogP contribution < -0.4 is 0 Å². The number of aliphatic carboxylic acids is 1. The van der Waals surface area contributed by atoms with Gasteiger partial charge in [0, 0.05) is 12.6 Å². The summed E-state index contributed by atoms with van der Waals surface area (Å²) in [4.78, 5) is 27.6. The van der Waals surface area contributed by atoms with Gasteiger partial charge in [-0.2, -0.15) is 0 Å². The Bertz CT molecular complexity index is 528. The molecule has 0 aliphatic carbocycles. The van der Waals surface area contributed by atoms with E-state index < -0.39 is 5.97 Å². The first kappa shape index (κ1) is 20.5. The Labute approximate surface area is 150 Å².